The van der Waals surface area contributed by atoms with Crippen molar-refractivity contribution in [3.63, 3.8) is 0 Å². The third-order valence-corrected chi connectivity index (χ3v) is 7.34. The van der Waals surface area contributed by atoms with Crippen LogP contribution in [0.4, 0.5) is 18.4 Å². The monoisotopic (exact) mass is 650 g/mol. The number of H-pyrrole nitrogens is 2. The van der Waals surface area contributed by atoms with Gasteiger partial charge in [-0.25, -0.2) is 18.4 Å². The van der Waals surface area contributed by atoms with E-state index in [9.17, 15) is 23.2 Å². The van der Waals surface area contributed by atoms with E-state index in [1.54, 1.807) is 28.1 Å². The minimum Gasteiger partial charge on any atom is -0.444 e. The number of piperidine rings is 1. The normalized spacial score (nSPS) is 15.3. The van der Waals surface area contributed by atoms with Crippen molar-refractivity contribution in [3.05, 3.63) is 78.1 Å². The Morgan fingerprint density at radius 3 is 1.91 bits per heavy atom. The van der Waals surface area contributed by atoms with Gasteiger partial charge in [-0.2, -0.15) is 0 Å². The lowest BCUT2D eigenvalue weighted by molar-refractivity contribution is -0.121. The number of nitrogens with one attached hydrogen (secondary N) is 2. The first kappa shape index (κ1) is 35.2. The number of hydrogen-bond acceptors (Lipinski definition) is 5. The first-order chi connectivity index (χ1) is 22.1. The van der Waals surface area contributed by atoms with Crippen molar-refractivity contribution in [2.45, 2.75) is 72.0 Å². The average molecular weight is 651 g/mol. The molecule has 11 heteroatoms. The van der Waals surface area contributed by atoms with Crippen LogP contribution in [0.2, 0.25) is 0 Å². The number of carbonyl (C=O) groups excluding carboxylic acids is 3. The molecule has 1 saturated heterocycles. The van der Waals surface area contributed by atoms with Crippen LogP contribution in [0, 0.1) is 11.6 Å². The Balaban J connectivity index is 0.000000176. The van der Waals surface area contributed by atoms with Crippen molar-refractivity contribution in [2.75, 3.05) is 26.2 Å². The van der Waals surface area contributed by atoms with Gasteiger partial charge in [-0.05, 0) is 101 Å². The number of aromatic nitrogens is 2. The fourth-order valence-corrected chi connectivity index (χ4v) is 5.06. The number of amides is 2. The zero-order chi connectivity index (χ0) is 34.4. The molecule has 4 heterocycles. The Kier molecular flexibility index (Phi) is 11.1. The van der Waals surface area contributed by atoms with E-state index in [0.717, 1.165) is 33.8 Å². The van der Waals surface area contributed by atoms with E-state index < -0.39 is 11.2 Å². The molecule has 4 aromatic rings. The molecule has 0 radical (unpaired) electrons. The van der Waals surface area contributed by atoms with Crippen LogP contribution in [-0.4, -0.2) is 75.1 Å². The second-order valence-electron chi connectivity index (χ2n) is 13.5. The van der Waals surface area contributed by atoms with Crippen molar-refractivity contribution in [1.82, 2.24) is 19.8 Å². The number of carbonyl (C=O) groups is 3. The second kappa shape index (κ2) is 14.8. The molecular weight excluding hydrogens is 606 g/mol. The number of ketones is 1. The fourth-order valence-electron chi connectivity index (χ4n) is 5.06. The van der Waals surface area contributed by atoms with Crippen LogP contribution in [0.15, 0.2) is 60.9 Å². The van der Waals surface area contributed by atoms with Crippen LogP contribution in [0.3, 0.4) is 0 Å². The minimum atomic E-state index is -0.484. The molecule has 0 aliphatic carbocycles. The van der Waals surface area contributed by atoms with Crippen molar-refractivity contribution in [3.8, 4) is 0 Å². The van der Waals surface area contributed by atoms with E-state index in [4.69, 9.17) is 9.47 Å². The van der Waals surface area contributed by atoms with Crippen LogP contribution in [0.25, 0.3) is 27.4 Å². The smallest absolute Gasteiger partial charge is 0.410 e. The van der Waals surface area contributed by atoms with E-state index >= 15 is 0 Å². The first-order valence-electron chi connectivity index (χ1n) is 15.7. The molecule has 2 aromatic carbocycles. The van der Waals surface area contributed by atoms with Gasteiger partial charge in [-0.1, -0.05) is 6.08 Å². The highest BCUT2D eigenvalue weighted by Gasteiger charge is 2.26. The Labute approximate surface area is 273 Å². The lowest BCUT2D eigenvalue weighted by Crippen LogP contribution is -2.41. The summed E-state index contributed by atoms with van der Waals surface area (Å²) in [6.07, 6.45) is 6.81. The number of rotatable bonds is 1. The van der Waals surface area contributed by atoms with Gasteiger partial charge in [0, 0.05) is 73.4 Å². The van der Waals surface area contributed by atoms with Gasteiger partial charge >= 0.3 is 12.2 Å². The van der Waals surface area contributed by atoms with Crippen molar-refractivity contribution >= 4 is 45.3 Å². The molecule has 2 N–H and O–H groups in total. The molecule has 0 bridgehead atoms. The molecule has 2 aromatic heterocycles. The highest BCUT2D eigenvalue weighted by molar-refractivity contribution is 5.93. The largest absolute Gasteiger partial charge is 0.444 e. The molecule has 2 aliphatic heterocycles. The SMILES string of the molecule is CC(C)(C)OC(=O)N1CC=C(c2c[nH]c3cc(F)ccc23)CC1.CC(C)(C)OC(=O)N1CCC(=O)CC1.Fc1ccc2cc[nH]c2c1. The van der Waals surface area contributed by atoms with Gasteiger partial charge in [-0.15, -0.1) is 0 Å². The summed E-state index contributed by atoms with van der Waals surface area (Å²) < 4.78 is 36.3. The summed E-state index contributed by atoms with van der Waals surface area (Å²) >= 11 is 0. The number of ether oxygens (including phenoxy) is 2. The maximum Gasteiger partial charge on any atom is 0.410 e. The number of aromatic amines is 2. The summed E-state index contributed by atoms with van der Waals surface area (Å²) in [6.45, 7) is 13.2. The van der Waals surface area contributed by atoms with Gasteiger partial charge < -0.3 is 29.2 Å². The number of Topliss-reactive ketones (excluding diaryl/α,β-unsaturated/α-hetero) is 1. The number of nitrogens with zero attached hydrogens (tertiary/aromatic N) is 2. The average Bonchev–Trinajstić information content (AvgIpc) is 3.63. The van der Waals surface area contributed by atoms with Crippen molar-refractivity contribution in [2.24, 2.45) is 0 Å². The van der Waals surface area contributed by atoms with Crippen LogP contribution < -0.4 is 0 Å². The molecule has 0 unspecified atom stereocenters. The second-order valence-corrected chi connectivity index (χ2v) is 13.5. The molecule has 0 saturated carbocycles. The molecule has 47 heavy (non-hydrogen) atoms. The molecule has 6 rings (SSSR count). The molecule has 0 atom stereocenters. The predicted molar refractivity (Wildman–Crippen MR) is 179 cm³/mol. The standard InChI is InChI=1S/C18H21FN2O2.C10H17NO3.C8H6FN/c1-18(2,3)23-17(22)21-8-6-12(7-9-21)15-11-20-16-10-13(19)4-5-14(15)16;1-10(2,3)14-9(13)11-6-4-8(12)5-7-11;9-7-2-1-6-3-4-10-8(6)5-7/h4-6,10-11,20H,7-9H2,1-3H3;4-7H2,1-3H3;1-5,10H. The number of halogens is 2. The topological polar surface area (TPSA) is 108 Å². The molecule has 2 amide bonds. The van der Waals surface area contributed by atoms with Crippen LogP contribution in [-0.2, 0) is 14.3 Å². The highest BCUT2D eigenvalue weighted by Crippen LogP contribution is 2.30. The summed E-state index contributed by atoms with van der Waals surface area (Å²) in [5.74, 6) is -0.223. The van der Waals surface area contributed by atoms with Gasteiger partial charge in [0.1, 0.15) is 28.6 Å². The highest BCUT2D eigenvalue weighted by atomic mass is 19.1. The minimum absolute atomic E-state index is 0.199. The lowest BCUT2D eigenvalue weighted by atomic mass is 9.99. The number of benzene rings is 2. The van der Waals surface area contributed by atoms with E-state index in [2.05, 4.69) is 9.97 Å². The number of fused-ring (bicyclic) bond motifs is 2. The van der Waals surface area contributed by atoms with E-state index in [0.29, 0.717) is 39.0 Å². The first-order valence-corrected chi connectivity index (χ1v) is 15.7. The summed E-state index contributed by atoms with van der Waals surface area (Å²) in [4.78, 5) is 43.8. The lowest BCUT2D eigenvalue weighted by Gasteiger charge is -2.29. The quantitative estimate of drug-likeness (QED) is 0.216. The molecule has 9 nitrogen and oxygen atoms in total. The van der Waals surface area contributed by atoms with Gasteiger partial charge in [-0.3, -0.25) is 4.79 Å². The van der Waals surface area contributed by atoms with Gasteiger partial charge in [0.05, 0.1) is 0 Å². The third kappa shape index (κ3) is 10.4. The van der Waals surface area contributed by atoms with E-state index in [1.807, 2.05) is 59.9 Å². The Morgan fingerprint density at radius 2 is 1.32 bits per heavy atom. The zero-order valence-corrected chi connectivity index (χ0v) is 27.9. The van der Waals surface area contributed by atoms with E-state index in [-0.39, 0.29) is 29.6 Å². The maximum absolute atomic E-state index is 13.3. The fraction of sp³-hybridized carbons (Fsp3) is 0.417. The molecule has 0 spiro atoms. The van der Waals surface area contributed by atoms with Gasteiger partial charge in [0.25, 0.3) is 0 Å². The van der Waals surface area contributed by atoms with Crippen molar-refractivity contribution < 1.29 is 32.6 Å². The molecule has 1 fully saturated rings. The zero-order valence-electron chi connectivity index (χ0n) is 27.9. The van der Waals surface area contributed by atoms with Crippen LogP contribution >= 0.6 is 0 Å². The van der Waals surface area contributed by atoms with Crippen molar-refractivity contribution in [1.29, 1.82) is 0 Å². The Bertz CT molecular complexity index is 1740. The molecule has 2 aliphatic rings. The third-order valence-electron chi connectivity index (χ3n) is 7.34. The summed E-state index contributed by atoms with van der Waals surface area (Å²) in [6, 6.07) is 11.4. The summed E-state index contributed by atoms with van der Waals surface area (Å²) in [5, 5.41) is 2.05. The molecule has 252 valence electrons. The number of likely N-dealkylation sites (tertiary alicyclic amines) is 1. The van der Waals surface area contributed by atoms with Crippen LogP contribution in [0.5, 0.6) is 0 Å². The Hall–Kier alpha value is -4.67. The summed E-state index contributed by atoms with van der Waals surface area (Å²) in [7, 11) is 0. The summed E-state index contributed by atoms with van der Waals surface area (Å²) in [5.41, 5.74) is 2.93. The molecular formula is C36H44F2N4O5. The van der Waals surface area contributed by atoms with Crippen LogP contribution in [0.1, 0.15) is 66.4 Å². The van der Waals surface area contributed by atoms with Gasteiger partial charge in [0.2, 0.25) is 0 Å². The predicted octanol–water partition coefficient (Wildman–Crippen LogP) is 8.22. The Morgan fingerprint density at radius 1 is 0.745 bits per heavy atom. The maximum atomic E-state index is 13.3. The van der Waals surface area contributed by atoms with Gasteiger partial charge in [0.15, 0.2) is 0 Å². The van der Waals surface area contributed by atoms with E-state index in [1.165, 1.54) is 29.8 Å². The number of hydrogen-bond donors (Lipinski definition) is 2.